The van der Waals surface area contributed by atoms with Crippen molar-refractivity contribution in [3.8, 4) is 5.75 Å². The van der Waals surface area contributed by atoms with Crippen LogP contribution in [-0.4, -0.2) is 67.5 Å². The highest BCUT2D eigenvalue weighted by Gasteiger charge is 2.31. The van der Waals surface area contributed by atoms with Crippen molar-refractivity contribution in [3.05, 3.63) is 24.3 Å². The van der Waals surface area contributed by atoms with Crippen molar-refractivity contribution in [1.82, 2.24) is 9.80 Å². The molecular weight excluding hydrogens is 355 g/mol. The number of ether oxygens (including phenoxy) is 2. The van der Waals surface area contributed by atoms with E-state index in [2.05, 4.69) is 10.1 Å². The molecule has 0 aliphatic carbocycles. The molecule has 1 aliphatic heterocycles. The summed E-state index contributed by atoms with van der Waals surface area (Å²) in [5.74, 6) is -0.648. The smallest absolute Gasteiger partial charge is 0.450 e. The van der Waals surface area contributed by atoms with E-state index in [4.69, 9.17) is 4.74 Å². The van der Waals surface area contributed by atoms with Gasteiger partial charge in [0.2, 0.25) is 5.91 Å². The van der Waals surface area contributed by atoms with Gasteiger partial charge in [0.15, 0.2) is 0 Å². The molecule has 0 bridgehead atoms. The first kappa shape index (κ1) is 19.8. The third-order valence-electron chi connectivity index (χ3n) is 3.64. The van der Waals surface area contributed by atoms with E-state index in [1.54, 1.807) is 11.8 Å². The normalized spacial score (nSPS) is 15.5. The first-order valence-electron chi connectivity index (χ1n) is 8.06. The lowest BCUT2D eigenvalue weighted by Gasteiger charge is -2.33. The number of benzene rings is 1. The van der Waals surface area contributed by atoms with Crippen LogP contribution in [0.2, 0.25) is 0 Å². The summed E-state index contributed by atoms with van der Waals surface area (Å²) < 4.78 is 45.0. The van der Waals surface area contributed by atoms with Crippen LogP contribution in [0.4, 0.5) is 23.7 Å². The highest BCUT2D eigenvalue weighted by atomic mass is 19.4. The average Bonchev–Trinajstić information content (AvgIpc) is 2.56. The Morgan fingerprint density at radius 1 is 1.12 bits per heavy atom. The summed E-state index contributed by atoms with van der Waals surface area (Å²) >= 11 is 0. The van der Waals surface area contributed by atoms with E-state index in [1.807, 2.05) is 4.90 Å². The molecular formula is C16H20F3N3O4. The maximum atomic E-state index is 12.1. The molecule has 0 spiro atoms. The van der Waals surface area contributed by atoms with Crippen LogP contribution in [0.5, 0.6) is 5.75 Å². The average molecular weight is 375 g/mol. The predicted octanol–water partition coefficient (Wildman–Crippen LogP) is 2.30. The first-order valence-corrected chi connectivity index (χ1v) is 8.06. The summed E-state index contributed by atoms with van der Waals surface area (Å²) in [5, 5.41) is 2.61. The Bertz CT molecular complexity index is 614. The fraction of sp³-hybridized carbons (Fsp3) is 0.500. The van der Waals surface area contributed by atoms with Gasteiger partial charge in [0.25, 0.3) is 0 Å². The van der Waals surface area contributed by atoms with Crippen LogP contribution < -0.4 is 10.1 Å². The number of piperazine rings is 1. The van der Waals surface area contributed by atoms with Gasteiger partial charge in [-0.2, -0.15) is 0 Å². The molecule has 2 amide bonds. The van der Waals surface area contributed by atoms with Crippen molar-refractivity contribution in [2.45, 2.75) is 13.3 Å². The van der Waals surface area contributed by atoms with Gasteiger partial charge in [-0.3, -0.25) is 9.69 Å². The number of alkyl halides is 3. The minimum absolute atomic E-state index is 0.122. The fourth-order valence-corrected chi connectivity index (χ4v) is 2.45. The van der Waals surface area contributed by atoms with Crippen LogP contribution in [0.15, 0.2) is 24.3 Å². The van der Waals surface area contributed by atoms with E-state index in [9.17, 15) is 22.8 Å². The molecule has 1 aliphatic rings. The zero-order chi connectivity index (χ0) is 19.2. The van der Waals surface area contributed by atoms with Crippen molar-refractivity contribution in [2.75, 3.05) is 44.6 Å². The van der Waals surface area contributed by atoms with Gasteiger partial charge in [-0.15, -0.1) is 13.2 Å². The van der Waals surface area contributed by atoms with Crippen molar-refractivity contribution in [3.63, 3.8) is 0 Å². The zero-order valence-corrected chi connectivity index (χ0v) is 14.2. The monoisotopic (exact) mass is 375 g/mol. The second kappa shape index (κ2) is 8.75. The minimum atomic E-state index is -4.75. The molecule has 1 fully saturated rings. The lowest BCUT2D eigenvalue weighted by Crippen LogP contribution is -2.50. The van der Waals surface area contributed by atoms with Gasteiger partial charge in [0, 0.05) is 31.9 Å². The van der Waals surface area contributed by atoms with Crippen molar-refractivity contribution in [2.24, 2.45) is 0 Å². The van der Waals surface area contributed by atoms with Gasteiger partial charge in [-0.05, 0) is 31.2 Å². The third kappa shape index (κ3) is 6.43. The van der Waals surface area contributed by atoms with Crippen LogP contribution in [0.1, 0.15) is 6.92 Å². The molecule has 1 N–H and O–H groups in total. The van der Waals surface area contributed by atoms with Crippen molar-refractivity contribution >= 4 is 17.7 Å². The van der Waals surface area contributed by atoms with Crippen molar-refractivity contribution in [1.29, 1.82) is 0 Å². The van der Waals surface area contributed by atoms with Gasteiger partial charge in [0.1, 0.15) is 5.75 Å². The molecule has 0 radical (unpaired) electrons. The molecule has 1 aromatic rings. The van der Waals surface area contributed by atoms with Crippen molar-refractivity contribution < 1.29 is 32.2 Å². The number of hydrogen-bond donors (Lipinski definition) is 1. The molecule has 0 saturated carbocycles. The highest BCUT2D eigenvalue weighted by Crippen LogP contribution is 2.23. The lowest BCUT2D eigenvalue weighted by atomic mass is 10.3. The molecule has 1 saturated heterocycles. The maximum Gasteiger partial charge on any atom is 0.573 e. The zero-order valence-electron chi connectivity index (χ0n) is 14.2. The summed E-state index contributed by atoms with van der Waals surface area (Å²) in [7, 11) is 0. The van der Waals surface area contributed by atoms with Crippen LogP contribution in [-0.2, 0) is 9.53 Å². The van der Waals surface area contributed by atoms with Crippen LogP contribution >= 0.6 is 0 Å². The quantitative estimate of drug-likeness (QED) is 0.855. The first-order chi connectivity index (χ1) is 12.3. The standard InChI is InChI=1S/C16H20F3N3O4/c1-2-25-15(24)22-9-7-21(8-10-22)11-14(23)20-12-3-5-13(6-4-12)26-16(17,18)19/h3-6H,2,7-11H2,1H3,(H,20,23). The Hall–Kier alpha value is -2.49. The van der Waals surface area contributed by atoms with Crippen LogP contribution in [0, 0.1) is 0 Å². The molecule has 1 aromatic carbocycles. The topological polar surface area (TPSA) is 71.1 Å². The third-order valence-corrected chi connectivity index (χ3v) is 3.64. The number of nitrogens with one attached hydrogen (secondary N) is 1. The van der Waals surface area contributed by atoms with Gasteiger partial charge in [0.05, 0.1) is 13.2 Å². The van der Waals surface area contributed by atoms with Gasteiger partial charge in [-0.1, -0.05) is 0 Å². The van der Waals surface area contributed by atoms with E-state index >= 15 is 0 Å². The maximum absolute atomic E-state index is 12.1. The number of amides is 2. The molecule has 0 aromatic heterocycles. The van der Waals surface area contributed by atoms with E-state index < -0.39 is 6.36 Å². The number of carbonyl (C=O) groups is 2. The molecule has 0 atom stereocenters. The SMILES string of the molecule is CCOC(=O)N1CCN(CC(=O)Nc2ccc(OC(F)(F)F)cc2)CC1. The van der Waals surface area contributed by atoms with E-state index in [1.165, 1.54) is 12.1 Å². The number of anilines is 1. The second-order valence-electron chi connectivity index (χ2n) is 5.58. The molecule has 1 heterocycles. The Morgan fingerprint density at radius 3 is 2.27 bits per heavy atom. The Labute approximate surface area is 148 Å². The summed E-state index contributed by atoms with van der Waals surface area (Å²) in [4.78, 5) is 27.1. The summed E-state index contributed by atoms with van der Waals surface area (Å²) in [5.41, 5.74) is 0.370. The van der Waals surface area contributed by atoms with Crippen LogP contribution in [0.3, 0.4) is 0 Å². The fourth-order valence-electron chi connectivity index (χ4n) is 2.45. The van der Waals surface area contributed by atoms with Gasteiger partial charge >= 0.3 is 12.5 Å². The number of hydrogen-bond acceptors (Lipinski definition) is 5. The van der Waals surface area contributed by atoms with Gasteiger partial charge < -0.3 is 19.7 Å². The highest BCUT2D eigenvalue weighted by molar-refractivity contribution is 5.92. The number of halogens is 3. The van der Waals surface area contributed by atoms with E-state index in [0.29, 0.717) is 38.5 Å². The molecule has 10 heteroatoms. The summed E-state index contributed by atoms with van der Waals surface area (Å²) in [6.45, 7) is 4.17. The summed E-state index contributed by atoms with van der Waals surface area (Å²) in [6, 6.07) is 4.91. The Morgan fingerprint density at radius 2 is 1.73 bits per heavy atom. The largest absolute Gasteiger partial charge is 0.573 e. The molecule has 7 nitrogen and oxygen atoms in total. The molecule has 2 rings (SSSR count). The number of rotatable bonds is 5. The van der Waals surface area contributed by atoms with Gasteiger partial charge in [-0.25, -0.2) is 4.79 Å². The number of nitrogens with zero attached hydrogens (tertiary/aromatic N) is 2. The minimum Gasteiger partial charge on any atom is -0.450 e. The summed E-state index contributed by atoms with van der Waals surface area (Å²) in [6.07, 6.45) is -5.12. The Kier molecular flexibility index (Phi) is 6.67. The molecule has 0 unspecified atom stereocenters. The lowest BCUT2D eigenvalue weighted by molar-refractivity contribution is -0.274. The second-order valence-corrected chi connectivity index (χ2v) is 5.58. The van der Waals surface area contributed by atoms with E-state index in [0.717, 1.165) is 12.1 Å². The number of carbonyl (C=O) groups excluding carboxylic acids is 2. The molecule has 144 valence electrons. The van der Waals surface area contributed by atoms with E-state index in [-0.39, 0.29) is 24.3 Å². The van der Waals surface area contributed by atoms with Crippen LogP contribution in [0.25, 0.3) is 0 Å². The Balaban J connectivity index is 1.76. The molecule has 26 heavy (non-hydrogen) atoms. The predicted molar refractivity (Wildman–Crippen MR) is 86.8 cm³/mol.